The summed E-state index contributed by atoms with van der Waals surface area (Å²) in [6.07, 6.45) is 0. The number of benzene rings is 1. The standard InChI is InChI=1S/C13H16N2O6S/c1-21-10-2-4-11(5-3-10)22(19,20)15-8-6-14(7-9-15)12(16)13(17)18/h2-5H,6-9H2,1H3,(H,17,18). The minimum Gasteiger partial charge on any atom is -0.497 e. The molecule has 0 atom stereocenters. The van der Waals surface area contributed by atoms with E-state index < -0.39 is 21.9 Å². The van der Waals surface area contributed by atoms with Gasteiger partial charge in [-0.05, 0) is 24.3 Å². The van der Waals surface area contributed by atoms with E-state index in [0.29, 0.717) is 5.75 Å². The van der Waals surface area contributed by atoms with Crippen molar-refractivity contribution in [2.45, 2.75) is 4.90 Å². The number of ether oxygens (including phenoxy) is 1. The first-order valence-electron chi connectivity index (χ1n) is 6.52. The van der Waals surface area contributed by atoms with E-state index in [9.17, 15) is 18.0 Å². The average Bonchev–Trinajstić information content (AvgIpc) is 2.54. The Kier molecular flexibility index (Phi) is 4.67. The second-order valence-electron chi connectivity index (χ2n) is 4.68. The Hall–Kier alpha value is -2.13. The molecule has 1 fully saturated rings. The van der Waals surface area contributed by atoms with Gasteiger partial charge in [-0.3, -0.25) is 4.79 Å². The molecule has 8 nitrogen and oxygen atoms in total. The van der Waals surface area contributed by atoms with Gasteiger partial charge >= 0.3 is 11.9 Å². The number of aliphatic carboxylic acids is 1. The summed E-state index contributed by atoms with van der Waals surface area (Å²) in [5, 5.41) is 8.65. The molecule has 1 N–H and O–H groups in total. The lowest BCUT2D eigenvalue weighted by Gasteiger charge is -2.33. The van der Waals surface area contributed by atoms with Crippen LogP contribution in [0, 0.1) is 0 Å². The molecular formula is C13H16N2O6S. The van der Waals surface area contributed by atoms with Crippen LogP contribution in [-0.2, 0) is 19.6 Å². The number of piperazine rings is 1. The second-order valence-corrected chi connectivity index (χ2v) is 6.61. The van der Waals surface area contributed by atoms with Crippen molar-refractivity contribution in [1.29, 1.82) is 0 Å². The Morgan fingerprint density at radius 1 is 1.09 bits per heavy atom. The molecule has 1 aliphatic rings. The Bertz CT molecular complexity index is 662. The Labute approximate surface area is 127 Å². The molecule has 1 saturated heterocycles. The number of rotatable bonds is 3. The van der Waals surface area contributed by atoms with E-state index in [1.807, 2.05) is 0 Å². The SMILES string of the molecule is COc1ccc(S(=O)(=O)N2CCN(C(=O)C(=O)O)CC2)cc1. The summed E-state index contributed by atoms with van der Waals surface area (Å²) < 4.78 is 31.1. The maximum Gasteiger partial charge on any atom is 0.394 e. The minimum absolute atomic E-state index is 0.0561. The van der Waals surface area contributed by atoms with Gasteiger partial charge in [-0.2, -0.15) is 4.31 Å². The maximum atomic E-state index is 12.5. The number of carbonyl (C=O) groups is 2. The molecule has 1 aliphatic heterocycles. The van der Waals surface area contributed by atoms with Crippen molar-refractivity contribution in [3.05, 3.63) is 24.3 Å². The first kappa shape index (κ1) is 16.2. The van der Waals surface area contributed by atoms with Crippen LogP contribution in [0.4, 0.5) is 0 Å². The number of carbonyl (C=O) groups excluding carboxylic acids is 1. The predicted molar refractivity (Wildman–Crippen MR) is 76.0 cm³/mol. The summed E-state index contributed by atoms with van der Waals surface area (Å²) in [4.78, 5) is 23.2. The van der Waals surface area contributed by atoms with Crippen LogP contribution in [0.25, 0.3) is 0 Å². The predicted octanol–water partition coefficient (Wildman–Crippen LogP) is -0.387. The van der Waals surface area contributed by atoms with Crippen LogP contribution in [0.2, 0.25) is 0 Å². The average molecular weight is 328 g/mol. The zero-order valence-corrected chi connectivity index (χ0v) is 12.7. The number of nitrogens with zero attached hydrogens (tertiary/aromatic N) is 2. The Morgan fingerprint density at radius 2 is 1.64 bits per heavy atom. The van der Waals surface area contributed by atoms with E-state index >= 15 is 0 Å². The van der Waals surface area contributed by atoms with Crippen LogP contribution in [-0.4, -0.2) is 67.9 Å². The Balaban J connectivity index is 2.09. The molecule has 120 valence electrons. The van der Waals surface area contributed by atoms with Gasteiger partial charge in [0.1, 0.15) is 5.75 Å². The normalized spacial score (nSPS) is 16.3. The molecule has 0 saturated carbocycles. The topological polar surface area (TPSA) is 104 Å². The fraction of sp³-hybridized carbons (Fsp3) is 0.385. The van der Waals surface area contributed by atoms with E-state index in [2.05, 4.69) is 0 Å². The number of hydrogen-bond donors (Lipinski definition) is 1. The van der Waals surface area contributed by atoms with Crippen LogP contribution < -0.4 is 4.74 Å². The fourth-order valence-corrected chi connectivity index (χ4v) is 3.59. The fourth-order valence-electron chi connectivity index (χ4n) is 2.16. The van der Waals surface area contributed by atoms with Gasteiger partial charge in [0.05, 0.1) is 12.0 Å². The highest BCUT2D eigenvalue weighted by Gasteiger charge is 2.31. The zero-order chi connectivity index (χ0) is 16.3. The molecule has 9 heteroatoms. The number of methoxy groups -OCH3 is 1. The lowest BCUT2D eigenvalue weighted by molar-refractivity contribution is -0.156. The summed E-state index contributed by atoms with van der Waals surface area (Å²) >= 11 is 0. The number of carboxylic acid groups (broad SMARTS) is 1. The van der Waals surface area contributed by atoms with Crippen molar-refractivity contribution in [3.63, 3.8) is 0 Å². The summed E-state index contributed by atoms with van der Waals surface area (Å²) in [5.74, 6) is -2.00. The van der Waals surface area contributed by atoms with Gasteiger partial charge in [0.2, 0.25) is 10.0 Å². The first-order chi connectivity index (χ1) is 10.4. The third-order valence-corrected chi connectivity index (χ3v) is 5.32. The van der Waals surface area contributed by atoms with Crippen LogP contribution in [0.3, 0.4) is 0 Å². The molecule has 22 heavy (non-hydrogen) atoms. The number of carboxylic acids is 1. The summed E-state index contributed by atoms with van der Waals surface area (Å²) in [6, 6.07) is 6.00. The molecule has 0 aromatic heterocycles. The van der Waals surface area contributed by atoms with Crippen LogP contribution in [0.5, 0.6) is 5.75 Å². The molecule has 0 spiro atoms. The van der Waals surface area contributed by atoms with Gasteiger partial charge in [-0.25, -0.2) is 13.2 Å². The van der Waals surface area contributed by atoms with Crippen molar-refractivity contribution >= 4 is 21.9 Å². The van der Waals surface area contributed by atoms with Gasteiger partial charge in [0.15, 0.2) is 0 Å². The van der Waals surface area contributed by atoms with Crippen LogP contribution in [0.15, 0.2) is 29.2 Å². The summed E-state index contributed by atoms with van der Waals surface area (Å²) in [7, 11) is -2.18. The van der Waals surface area contributed by atoms with Gasteiger partial charge in [-0.1, -0.05) is 0 Å². The van der Waals surface area contributed by atoms with Gasteiger partial charge in [-0.15, -0.1) is 0 Å². The molecule has 2 rings (SSSR count). The number of hydrogen-bond acceptors (Lipinski definition) is 5. The molecular weight excluding hydrogens is 312 g/mol. The molecule has 0 unspecified atom stereocenters. The van der Waals surface area contributed by atoms with Gasteiger partial charge in [0, 0.05) is 26.2 Å². The largest absolute Gasteiger partial charge is 0.497 e. The van der Waals surface area contributed by atoms with Crippen molar-refractivity contribution in [2.24, 2.45) is 0 Å². The summed E-state index contributed by atoms with van der Waals surface area (Å²) in [6.45, 7) is 0.238. The molecule has 1 aromatic rings. The maximum absolute atomic E-state index is 12.5. The number of amides is 1. The molecule has 1 aromatic carbocycles. The van der Waals surface area contributed by atoms with E-state index in [1.165, 1.54) is 23.5 Å². The quantitative estimate of drug-likeness (QED) is 0.758. The van der Waals surface area contributed by atoms with Crippen molar-refractivity contribution in [3.8, 4) is 5.75 Å². The molecule has 0 aliphatic carbocycles. The molecule has 0 radical (unpaired) electrons. The summed E-state index contributed by atoms with van der Waals surface area (Å²) in [5.41, 5.74) is 0. The van der Waals surface area contributed by atoms with Gasteiger partial charge < -0.3 is 14.7 Å². The minimum atomic E-state index is -3.66. The number of sulfonamides is 1. The molecule has 1 heterocycles. The van der Waals surface area contributed by atoms with Gasteiger partial charge in [0.25, 0.3) is 0 Å². The third kappa shape index (κ3) is 3.20. The van der Waals surface area contributed by atoms with Crippen LogP contribution >= 0.6 is 0 Å². The highest BCUT2D eigenvalue weighted by Crippen LogP contribution is 2.20. The van der Waals surface area contributed by atoms with Crippen molar-refractivity contribution in [2.75, 3.05) is 33.3 Å². The molecule has 1 amide bonds. The monoisotopic (exact) mass is 328 g/mol. The van der Waals surface area contributed by atoms with Crippen molar-refractivity contribution < 1.29 is 27.9 Å². The van der Waals surface area contributed by atoms with E-state index in [0.717, 1.165) is 4.90 Å². The van der Waals surface area contributed by atoms with Crippen molar-refractivity contribution in [1.82, 2.24) is 9.21 Å². The lowest BCUT2D eigenvalue weighted by atomic mass is 10.3. The highest BCUT2D eigenvalue weighted by molar-refractivity contribution is 7.89. The lowest BCUT2D eigenvalue weighted by Crippen LogP contribution is -2.52. The third-order valence-electron chi connectivity index (χ3n) is 3.41. The first-order valence-corrected chi connectivity index (χ1v) is 7.96. The zero-order valence-electron chi connectivity index (χ0n) is 11.9. The second kappa shape index (κ2) is 6.32. The Morgan fingerprint density at radius 3 is 2.09 bits per heavy atom. The van der Waals surface area contributed by atoms with E-state index in [4.69, 9.17) is 9.84 Å². The van der Waals surface area contributed by atoms with Crippen LogP contribution in [0.1, 0.15) is 0 Å². The smallest absolute Gasteiger partial charge is 0.394 e. The van der Waals surface area contributed by atoms with E-state index in [1.54, 1.807) is 12.1 Å². The highest BCUT2D eigenvalue weighted by atomic mass is 32.2. The van der Waals surface area contributed by atoms with E-state index in [-0.39, 0.29) is 31.1 Å². The molecule has 0 bridgehead atoms.